The Bertz CT molecular complexity index is 649. The van der Waals surface area contributed by atoms with E-state index in [2.05, 4.69) is 23.2 Å². The number of likely N-dealkylation sites (tertiary alicyclic amines) is 1. The molecular formula is C18H25N3O2S. The van der Waals surface area contributed by atoms with Crippen LogP contribution in [0.4, 0.5) is 5.00 Å². The van der Waals surface area contributed by atoms with Crippen molar-refractivity contribution < 1.29 is 9.90 Å². The second-order valence-electron chi connectivity index (χ2n) is 6.94. The molecule has 2 atom stereocenters. The van der Waals surface area contributed by atoms with Crippen LogP contribution in [0.15, 0.2) is 0 Å². The largest absolute Gasteiger partial charge is 0.396 e. The van der Waals surface area contributed by atoms with Gasteiger partial charge in [0.25, 0.3) is 0 Å². The second-order valence-corrected chi connectivity index (χ2v) is 8.05. The van der Waals surface area contributed by atoms with E-state index in [1.807, 2.05) is 0 Å². The fourth-order valence-electron chi connectivity index (χ4n) is 3.77. The zero-order chi connectivity index (χ0) is 17.1. The lowest BCUT2D eigenvalue weighted by Gasteiger charge is -2.37. The first-order valence-electron chi connectivity index (χ1n) is 8.81. The van der Waals surface area contributed by atoms with Crippen LogP contribution in [0.5, 0.6) is 0 Å². The van der Waals surface area contributed by atoms with Gasteiger partial charge in [0.15, 0.2) is 0 Å². The summed E-state index contributed by atoms with van der Waals surface area (Å²) in [6.45, 7) is 3.98. The van der Waals surface area contributed by atoms with Crippen molar-refractivity contribution in [2.75, 3.05) is 25.0 Å². The summed E-state index contributed by atoms with van der Waals surface area (Å²) < 4.78 is 0. The number of aryl methyl sites for hydroxylation is 1. The molecule has 1 aromatic heterocycles. The van der Waals surface area contributed by atoms with Crippen molar-refractivity contribution in [3.63, 3.8) is 0 Å². The van der Waals surface area contributed by atoms with Crippen LogP contribution in [0.2, 0.25) is 0 Å². The number of nitrogens with zero attached hydrogens (tertiary/aromatic N) is 2. The van der Waals surface area contributed by atoms with Crippen LogP contribution in [0.25, 0.3) is 0 Å². The van der Waals surface area contributed by atoms with Gasteiger partial charge in [-0.2, -0.15) is 5.26 Å². The van der Waals surface area contributed by atoms with Crippen LogP contribution in [-0.2, 0) is 17.6 Å². The topological polar surface area (TPSA) is 76.4 Å². The van der Waals surface area contributed by atoms with Gasteiger partial charge in [0.05, 0.1) is 5.56 Å². The fraction of sp³-hybridized carbons (Fsp3) is 0.667. The molecule has 5 nitrogen and oxygen atoms in total. The van der Waals surface area contributed by atoms with Crippen molar-refractivity contribution in [1.82, 2.24) is 4.90 Å². The molecule has 0 aromatic carbocycles. The maximum Gasteiger partial charge on any atom is 0.226 e. The average molecular weight is 347 g/mol. The smallest absolute Gasteiger partial charge is 0.226 e. The molecular weight excluding hydrogens is 322 g/mol. The van der Waals surface area contributed by atoms with Crippen LogP contribution in [0.1, 0.15) is 48.6 Å². The predicted molar refractivity (Wildman–Crippen MR) is 95.2 cm³/mol. The quantitative estimate of drug-likeness (QED) is 0.858. The summed E-state index contributed by atoms with van der Waals surface area (Å²) in [6, 6.07) is 2.72. The van der Waals surface area contributed by atoms with E-state index in [-0.39, 0.29) is 12.5 Å². The maximum absolute atomic E-state index is 12.3. The summed E-state index contributed by atoms with van der Waals surface area (Å²) in [4.78, 5) is 15.9. The van der Waals surface area contributed by atoms with Crippen LogP contribution in [0.3, 0.4) is 0 Å². The molecule has 3 rings (SSSR count). The van der Waals surface area contributed by atoms with E-state index in [0.29, 0.717) is 30.5 Å². The van der Waals surface area contributed by atoms with Gasteiger partial charge >= 0.3 is 0 Å². The minimum atomic E-state index is -0.0234. The minimum absolute atomic E-state index is 0.0234. The van der Waals surface area contributed by atoms with Crippen LogP contribution in [-0.4, -0.2) is 41.7 Å². The normalized spacial score (nSPS) is 23.7. The van der Waals surface area contributed by atoms with Crippen molar-refractivity contribution in [3.8, 4) is 6.07 Å². The van der Waals surface area contributed by atoms with Crippen molar-refractivity contribution in [2.24, 2.45) is 5.92 Å². The van der Waals surface area contributed by atoms with E-state index >= 15 is 0 Å². The summed E-state index contributed by atoms with van der Waals surface area (Å²) in [5.74, 6) is 0.305. The number of thiophene rings is 1. The number of amides is 1. The van der Waals surface area contributed by atoms with Crippen LogP contribution < -0.4 is 5.32 Å². The van der Waals surface area contributed by atoms with Gasteiger partial charge in [0.1, 0.15) is 11.1 Å². The predicted octanol–water partition coefficient (Wildman–Crippen LogP) is 2.53. The van der Waals surface area contributed by atoms with Crippen molar-refractivity contribution in [3.05, 3.63) is 16.0 Å². The Labute approximate surface area is 147 Å². The van der Waals surface area contributed by atoms with Gasteiger partial charge in [-0.25, -0.2) is 0 Å². The number of rotatable bonds is 5. The SMILES string of the molecule is CC1CCC(CO)CN1CCC(=O)Nc1sc2c(c1C#N)CCC2. The summed E-state index contributed by atoms with van der Waals surface area (Å²) in [5, 5.41) is 22.4. The van der Waals surface area contributed by atoms with E-state index < -0.39 is 0 Å². The molecule has 24 heavy (non-hydrogen) atoms. The van der Waals surface area contributed by atoms with Crippen molar-refractivity contribution in [2.45, 2.75) is 51.5 Å². The van der Waals surface area contributed by atoms with Gasteiger partial charge < -0.3 is 10.4 Å². The number of hydrogen-bond acceptors (Lipinski definition) is 5. The van der Waals surface area contributed by atoms with Crippen LogP contribution >= 0.6 is 11.3 Å². The van der Waals surface area contributed by atoms with Crippen molar-refractivity contribution >= 4 is 22.2 Å². The standard InChI is InChI=1S/C18H25N3O2S/c1-12-5-6-13(11-22)10-21(12)8-7-17(23)20-18-15(9-19)14-3-2-4-16(14)24-18/h12-13,22H,2-8,10-11H2,1H3,(H,20,23). The number of nitriles is 1. The summed E-state index contributed by atoms with van der Waals surface area (Å²) in [7, 11) is 0. The van der Waals surface area contributed by atoms with E-state index in [9.17, 15) is 15.2 Å². The highest BCUT2D eigenvalue weighted by Crippen LogP contribution is 2.38. The summed E-state index contributed by atoms with van der Waals surface area (Å²) in [6.07, 6.45) is 5.66. The van der Waals surface area contributed by atoms with E-state index in [4.69, 9.17) is 0 Å². The third kappa shape index (κ3) is 3.64. The molecule has 1 aliphatic carbocycles. The van der Waals surface area contributed by atoms with Gasteiger partial charge in [-0.15, -0.1) is 11.3 Å². The monoisotopic (exact) mass is 347 g/mol. The fourth-order valence-corrected chi connectivity index (χ4v) is 5.02. The Hall–Kier alpha value is -1.42. The highest BCUT2D eigenvalue weighted by atomic mass is 32.1. The maximum atomic E-state index is 12.3. The molecule has 1 saturated heterocycles. The molecule has 1 aromatic rings. The zero-order valence-corrected chi connectivity index (χ0v) is 15.0. The third-order valence-electron chi connectivity index (χ3n) is 5.28. The summed E-state index contributed by atoms with van der Waals surface area (Å²) >= 11 is 1.57. The van der Waals surface area contributed by atoms with Crippen molar-refractivity contribution in [1.29, 1.82) is 5.26 Å². The molecule has 0 radical (unpaired) electrons. The first-order chi connectivity index (χ1) is 11.6. The number of aliphatic hydroxyl groups excluding tert-OH is 1. The number of carbonyl (C=O) groups excluding carboxylic acids is 1. The minimum Gasteiger partial charge on any atom is -0.396 e. The van der Waals surface area contributed by atoms with Gasteiger partial charge in [-0.1, -0.05) is 0 Å². The number of aliphatic hydroxyl groups is 1. The zero-order valence-electron chi connectivity index (χ0n) is 14.2. The number of hydrogen-bond donors (Lipinski definition) is 2. The molecule has 1 amide bonds. The molecule has 130 valence electrons. The van der Waals surface area contributed by atoms with Gasteiger partial charge in [0.2, 0.25) is 5.91 Å². The summed E-state index contributed by atoms with van der Waals surface area (Å²) in [5.41, 5.74) is 1.82. The Kier molecular flexibility index (Phi) is 5.54. The number of carbonyl (C=O) groups is 1. The van der Waals surface area contributed by atoms with E-state index in [1.54, 1.807) is 11.3 Å². The van der Waals surface area contributed by atoms with E-state index in [0.717, 1.165) is 49.2 Å². The average Bonchev–Trinajstić information content (AvgIpc) is 3.14. The number of anilines is 1. The molecule has 2 unspecified atom stereocenters. The molecule has 1 fully saturated rings. The van der Waals surface area contributed by atoms with Gasteiger partial charge in [-0.3, -0.25) is 9.69 Å². The second kappa shape index (κ2) is 7.64. The Morgan fingerprint density at radius 2 is 2.29 bits per heavy atom. The van der Waals surface area contributed by atoms with Gasteiger partial charge in [-0.05, 0) is 50.5 Å². The first kappa shape index (κ1) is 17.4. The number of piperidine rings is 1. The molecule has 6 heteroatoms. The lowest BCUT2D eigenvalue weighted by atomic mass is 9.94. The highest BCUT2D eigenvalue weighted by molar-refractivity contribution is 7.16. The lowest BCUT2D eigenvalue weighted by molar-refractivity contribution is -0.116. The number of fused-ring (bicyclic) bond motifs is 1. The molecule has 0 spiro atoms. The molecule has 0 bridgehead atoms. The third-order valence-corrected chi connectivity index (χ3v) is 6.49. The number of nitrogens with one attached hydrogen (secondary N) is 1. The highest BCUT2D eigenvalue weighted by Gasteiger charge is 2.26. The molecule has 2 aliphatic rings. The molecule has 0 saturated carbocycles. The van der Waals surface area contributed by atoms with Crippen LogP contribution in [0, 0.1) is 17.2 Å². The first-order valence-corrected chi connectivity index (χ1v) is 9.63. The Morgan fingerprint density at radius 3 is 3.04 bits per heavy atom. The van der Waals surface area contributed by atoms with E-state index in [1.165, 1.54) is 4.88 Å². The lowest BCUT2D eigenvalue weighted by Crippen LogP contribution is -2.43. The molecule has 1 aliphatic heterocycles. The Morgan fingerprint density at radius 1 is 1.46 bits per heavy atom. The molecule has 2 N–H and O–H groups in total. The molecule has 2 heterocycles. The Balaban J connectivity index is 1.56. The van der Waals surface area contributed by atoms with Gasteiger partial charge in [0, 0.05) is 37.0 Å².